The average Bonchev–Trinajstić information content (AvgIpc) is 2.35. The molecule has 1 N–H and O–H groups in total. The van der Waals surface area contributed by atoms with Crippen LogP contribution in [-0.4, -0.2) is 26.8 Å². The second-order valence-corrected chi connectivity index (χ2v) is 5.92. The van der Waals surface area contributed by atoms with Crippen LogP contribution in [0.3, 0.4) is 0 Å². The lowest BCUT2D eigenvalue weighted by Crippen LogP contribution is -2.01. The van der Waals surface area contributed by atoms with Gasteiger partial charge in [0.05, 0.1) is 11.3 Å². The van der Waals surface area contributed by atoms with E-state index in [-0.39, 0.29) is 5.75 Å². The van der Waals surface area contributed by atoms with Crippen molar-refractivity contribution in [3.05, 3.63) is 28.5 Å². The summed E-state index contributed by atoms with van der Waals surface area (Å²) in [7, 11) is 0. The lowest BCUT2D eigenvalue weighted by Gasteiger charge is -2.07. The van der Waals surface area contributed by atoms with Crippen LogP contribution < -0.4 is 0 Å². The molecule has 19 heavy (non-hydrogen) atoms. The molecule has 2 rings (SSSR count). The Bertz CT molecular complexity index is 619. The zero-order chi connectivity index (χ0) is 13.8. The number of carboxylic acids is 1. The first-order chi connectivity index (χ1) is 9.10. The molecule has 0 aliphatic rings. The van der Waals surface area contributed by atoms with Gasteiger partial charge in [-0.1, -0.05) is 34.6 Å². The summed E-state index contributed by atoms with van der Waals surface area (Å²) in [5, 5.41) is 10.4. The second kappa shape index (κ2) is 6.34. The Morgan fingerprint density at radius 3 is 2.89 bits per heavy atom. The summed E-state index contributed by atoms with van der Waals surface area (Å²) in [6.07, 6.45) is 1.76. The van der Waals surface area contributed by atoms with Gasteiger partial charge in [0.25, 0.3) is 0 Å². The van der Waals surface area contributed by atoms with Gasteiger partial charge in [0.15, 0.2) is 0 Å². The maximum atomic E-state index is 10.7. The van der Waals surface area contributed by atoms with Crippen LogP contribution in [-0.2, 0) is 11.2 Å². The molecular weight excluding hydrogens is 328 g/mol. The molecule has 6 heteroatoms. The molecule has 1 heterocycles. The maximum Gasteiger partial charge on any atom is 0.313 e. The minimum atomic E-state index is -0.842. The van der Waals surface area contributed by atoms with Gasteiger partial charge in [-0.15, -0.1) is 0 Å². The van der Waals surface area contributed by atoms with Crippen molar-refractivity contribution in [1.82, 2.24) is 9.97 Å². The lowest BCUT2D eigenvalue weighted by molar-refractivity contribution is -0.133. The highest BCUT2D eigenvalue weighted by molar-refractivity contribution is 9.10. The van der Waals surface area contributed by atoms with Gasteiger partial charge in [-0.3, -0.25) is 4.79 Å². The van der Waals surface area contributed by atoms with Crippen molar-refractivity contribution in [2.45, 2.75) is 24.8 Å². The monoisotopic (exact) mass is 340 g/mol. The number of carboxylic acid groups (broad SMARTS) is 1. The van der Waals surface area contributed by atoms with Gasteiger partial charge in [0.2, 0.25) is 0 Å². The van der Waals surface area contributed by atoms with E-state index >= 15 is 0 Å². The van der Waals surface area contributed by atoms with E-state index in [1.807, 2.05) is 18.2 Å². The van der Waals surface area contributed by atoms with E-state index in [1.165, 1.54) is 11.8 Å². The summed E-state index contributed by atoms with van der Waals surface area (Å²) < 4.78 is 0.954. The van der Waals surface area contributed by atoms with Crippen LogP contribution in [0.1, 0.15) is 19.2 Å². The number of aliphatic carboxylic acids is 1. The number of fused-ring (bicyclic) bond motifs is 1. The number of benzene rings is 1. The Kier molecular flexibility index (Phi) is 4.76. The van der Waals surface area contributed by atoms with Gasteiger partial charge in [-0.25, -0.2) is 9.97 Å². The highest BCUT2D eigenvalue weighted by Gasteiger charge is 2.10. The molecule has 0 aliphatic carbocycles. The fraction of sp³-hybridized carbons (Fsp3) is 0.308. The third-order valence-corrected chi connectivity index (χ3v) is 3.95. The summed E-state index contributed by atoms with van der Waals surface area (Å²) in [4.78, 5) is 19.7. The molecule has 1 aromatic carbocycles. The van der Waals surface area contributed by atoms with Crippen LogP contribution >= 0.6 is 27.7 Å². The summed E-state index contributed by atoms with van der Waals surface area (Å²) >= 11 is 4.66. The van der Waals surface area contributed by atoms with E-state index in [1.54, 1.807) is 0 Å². The fourth-order valence-electron chi connectivity index (χ4n) is 1.70. The number of nitrogens with zero attached hydrogens (tertiary/aromatic N) is 2. The van der Waals surface area contributed by atoms with Gasteiger partial charge in [0, 0.05) is 16.3 Å². The normalized spacial score (nSPS) is 10.8. The zero-order valence-corrected chi connectivity index (χ0v) is 12.8. The Morgan fingerprint density at radius 2 is 2.21 bits per heavy atom. The average molecular weight is 341 g/mol. The molecule has 0 fully saturated rings. The molecular formula is C13H13BrN2O2S. The Balaban J connectivity index is 2.48. The largest absolute Gasteiger partial charge is 0.481 e. The molecule has 0 bridgehead atoms. The van der Waals surface area contributed by atoms with E-state index in [2.05, 4.69) is 32.8 Å². The number of rotatable bonds is 5. The van der Waals surface area contributed by atoms with Gasteiger partial charge in [-0.05, 0) is 24.6 Å². The molecule has 0 unspecified atom stereocenters. The molecule has 0 saturated heterocycles. The van der Waals surface area contributed by atoms with E-state index in [0.29, 0.717) is 0 Å². The zero-order valence-electron chi connectivity index (χ0n) is 10.4. The third-order valence-electron chi connectivity index (χ3n) is 2.48. The molecule has 0 saturated carbocycles. The molecule has 0 spiro atoms. The van der Waals surface area contributed by atoms with Crippen molar-refractivity contribution in [3.63, 3.8) is 0 Å². The highest BCUT2D eigenvalue weighted by atomic mass is 79.9. The fourth-order valence-corrected chi connectivity index (χ4v) is 2.80. The molecule has 0 aliphatic heterocycles. The third kappa shape index (κ3) is 3.67. The van der Waals surface area contributed by atoms with Crippen molar-refractivity contribution < 1.29 is 9.90 Å². The van der Waals surface area contributed by atoms with Gasteiger partial charge in [0.1, 0.15) is 10.9 Å². The van der Waals surface area contributed by atoms with Crippen molar-refractivity contribution in [2.24, 2.45) is 0 Å². The van der Waals surface area contributed by atoms with E-state index in [9.17, 15) is 4.79 Å². The maximum absolute atomic E-state index is 10.7. The SMILES string of the molecule is CCCc1nc(SCC(=O)O)c2ccc(Br)cc2n1. The molecule has 2 aromatic rings. The topological polar surface area (TPSA) is 63.1 Å². The van der Waals surface area contributed by atoms with Crippen molar-refractivity contribution in [2.75, 3.05) is 5.75 Å². The summed E-state index contributed by atoms with van der Waals surface area (Å²) in [6.45, 7) is 2.07. The minimum absolute atomic E-state index is 0.00768. The first kappa shape index (κ1) is 14.3. The van der Waals surface area contributed by atoms with Crippen LogP contribution in [0.2, 0.25) is 0 Å². The summed E-state index contributed by atoms with van der Waals surface area (Å²) in [5.41, 5.74) is 0.848. The summed E-state index contributed by atoms with van der Waals surface area (Å²) in [5.74, 6) is -0.0693. The Hall–Kier alpha value is -1.14. The van der Waals surface area contributed by atoms with Crippen molar-refractivity contribution in [1.29, 1.82) is 0 Å². The highest BCUT2D eigenvalue weighted by Crippen LogP contribution is 2.27. The number of carbonyl (C=O) groups is 1. The van der Waals surface area contributed by atoms with Gasteiger partial charge < -0.3 is 5.11 Å². The number of halogens is 1. The second-order valence-electron chi connectivity index (χ2n) is 4.04. The number of aryl methyl sites for hydroxylation is 1. The van der Waals surface area contributed by atoms with Crippen LogP contribution in [0.25, 0.3) is 10.9 Å². The number of aromatic nitrogens is 2. The van der Waals surface area contributed by atoms with E-state index in [0.717, 1.165) is 39.1 Å². The smallest absolute Gasteiger partial charge is 0.313 e. The first-order valence-electron chi connectivity index (χ1n) is 5.91. The van der Waals surface area contributed by atoms with E-state index < -0.39 is 5.97 Å². The van der Waals surface area contributed by atoms with Crippen molar-refractivity contribution >= 4 is 44.6 Å². The molecule has 4 nitrogen and oxygen atoms in total. The minimum Gasteiger partial charge on any atom is -0.481 e. The molecule has 0 atom stereocenters. The van der Waals surface area contributed by atoms with Gasteiger partial charge in [-0.2, -0.15) is 0 Å². The number of hydrogen-bond acceptors (Lipinski definition) is 4. The van der Waals surface area contributed by atoms with Crippen LogP contribution in [0.4, 0.5) is 0 Å². The van der Waals surface area contributed by atoms with Crippen molar-refractivity contribution in [3.8, 4) is 0 Å². The summed E-state index contributed by atoms with van der Waals surface area (Å²) in [6, 6.07) is 5.76. The number of hydrogen-bond donors (Lipinski definition) is 1. The standard InChI is InChI=1S/C13H13BrN2O2S/c1-2-3-11-15-10-6-8(14)4-5-9(10)13(16-11)19-7-12(17)18/h4-6H,2-3,7H2,1H3,(H,17,18). The molecule has 0 amide bonds. The molecule has 100 valence electrons. The lowest BCUT2D eigenvalue weighted by atomic mass is 10.2. The molecule has 0 radical (unpaired) electrons. The van der Waals surface area contributed by atoms with E-state index in [4.69, 9.17) is 5.11 Å². The van der Waals surface area contributed by atoms with Gasteiger partial charge >= 0.3 is 5.97 Å². The van der Waals surface area contributed by atoms with Crippen LogP contribution in [0.5, 0.6) is 0 Å². The molecule has 1 aromatic heterocycles. The predicted molar refractivity (Wildman–Crippen MR) is 79.6 cm³/mol. The Labute approximate surface area is 123 Å². The first-order valence-corrected chi connectivity index (χ1v) is 7.68. The Morgan fingerprint density at radius 1 is 1.42 bits per heavy atom. The number of thioether (sulfide) groups is 1. The van der Waals surface area contributed by atoms with Crippen LogP contribution in [0.15, 0.2) is 27.7 Å². The van der Waals surface area contributed by atoms with Crippen LogP contribution in [0, 0.1) is 0 Å². The quantitative estimate of drug-likeness (QED) is 0.666. The predicted octanol–water partition coefficient (Wildman–Crippen LogP) is 3.52.